The predicted molar refractivity (Wildman–Crippen MR) is 111 cm³/mol. The zero-order valence-corrected chi connectivity index (χ0v) is 17.2. The molecule has 2 heterocycles. The third-order valence-electron chi connectivity index (χ3n) is 3.85. The van der Waals surface area contributed by atoms with Crippen molar-refractivity contribution in [3.63, 3.8) is 0 Å². The molecule has 0 saturated heterocycles. The summed E-state index contributed by atoms with van der Waals surface area (Å²) in [6, 6.07) is 1.82. The fourth-order valence-electron chi connectivity index (χ4n) is 2.46. The zero-order valence-electron chi connectivity index (χ0n) is 17.2. The number of carbonyl (C=O) groups excluding carboxylic acids is 1. The molecule has 1 aliphatic rings. The van der Waals surface area contributed by atoms with E-state index in [0.29, 0.717) is 29.3 Å². The standard InChI is InChI=1S/C21H27FN4O3/c1-5-28-20(27)19-16(17(23)7-6-8-25-19)11-24-10-15-9-14(2)18(12-26-15)29-13-21(3,4)22/h6-7,9,11-12H,5,8,10,13,23H2,1-4H3. The summed E-state index contributed by atoms with van der Waals surface area (Å²) in [5.74, 6) is -0.00657. The highest BCUT2D eigenvalue weighted by molar-refractivity contribution is 6.48. The van der Waals surface area contributed by atoms with Crippen LogP contribution < -0.4 is 10.5 Å². The number of esters is 1. The molecule has 2 rings (SSSR count). The molecule has 0 bridgehead atoms. The molecule has 1 aromatic rings. The summed E-state index contributed by atoms with van der Waals surface area (Å²) in [6.45, 7) is 7.29. The Morgan fingerprint density at radius 3 is 2.86 bits per heavy atom. The highest BCUT2D eigenvalue weighted by Crippen LogP contribution is 2.20. The third kappa shape index (κ3) is 6.81. The van der Waals surface area contributed by atoms with Crippen LogP contribution in [0.2, 0.25) is 0 Å². The van der Waals surface area contributed by atoms with E-state index in [4.69, 9.17) is 15.2 Å². The van der Waals surface area contributed by atoms with Crippen LogP contribution in [-0.2, 0) is 16.1 Å². The van der Waals surface area contributed by atoms with Crippen LogP contribution >= 0.6 is 0 Å². The van der Waals surface area contributed by atoms with Gasteiger partial charge in [0.05, 0.1) is 31.6 Å². The van der Waals surface area contributed by atoms with Crippen molar-refractivity contribution in [3.05, 3.63) is 46.9 Å². The number of ether oxygens (including phenoxy) is 2. The smallest absolute Gasteiger partial charge is 0.357 e. The van der Waals surface area contributed by atoms with Gasteiger partial charge in [0.1, 0.15) is 18.0 Å². The number of halogens is 1. The lowest BCUT2D eigenvalue weighted by molar-refractivity contribution is -0.134. The van der Waals surface area contributed by atoms with Gasteiger partial charge >= 0.3 is 5.97 Å². The fraction of sp³-hybridized carbons (Fsp3) is 0.429. The van der Waals surface area contributed by atoms with Gasteiger partial charge in [-0.1, -0.05) is 6.08 Å². The molecule has 0 aliphatic carbocycles. The van der Waals surface area contributed by atoms with Crippen molar-refractivity contribution >= 4 is 17.9 Å². The van der Waals surface area contributed by atoms with Crippen molar-refractivity contribution in [1.82, 2.24) is 4.98 Å². The molecule has 29 heavy (non-hydrogen) atoms. The molecule has 2 N–H and O–H groups in total. The number of nitrogens with zero attached hydrogens (tertiary/aromatic N) is 3. The van der Waals surface area contributed by atoms with Gasteiger partial charge in [0.15, 0.2) is 5.71 Å². The van der Waals surface area contributed by atoms with Gasteiger partial charge in [-0.3, -0.25) is 15.0 Å². The van der Waals surface area contributed by atoms with Crippen LogP contribution in [0.1, 0.15) is 32.0 Å². The van der Waals surface area contributed by atoms with Gasteiger partial charge in [0.25, 0.3) is 0 Å². The van der Waals surface area contributed by atoms with Gasteiger partial charge in [-0.25, -0.2) is 9.18 Å². The molecule has 0 unspecified atom stereocenters. The van der Waals surface area contributed by atoms with E-state index < -0.39 is 11.6 Å². The molecule has 7 nitrogen and oxygen atoms in total. The van der Waals surface area contributed by atoms with Crippen molar-refractivity contribution in [2.75, 3.05) is 19.8 Å². The molecule has 0 fully saturated rings. The molecule has 0 atom stereocenters. The van der Waals surface area contributed by atoms with Crippen molar-refractivity contribution in [3.8, 4) is 5.75 Å². The Kier molecular flexibility index (Phi) is 7.64. The monoisotopic (exact) mass is 402 g/mol. The Morgan fingerprint density at radius 2 is 2.21 bits per heavy atom. The van der Waals surface area contributed by atoms with E-state index in [9.17, 15) is 9.18 Å². The number of aliphatic imine (C=N–C) groups is 2. The van der Waals surface area contributed by atoms with Gasteiger partial charge < -0.3 is 15.2 Å². The third-order valence-corrected chi connectivity index (χ3v) is 3.85. The zero-order chi connectivity index (χ0) is 21.4. The molecule has 1 aromatic heterocycles. The van der Waals surface area contributed by atoms with Crippen molar-refractivity contribution in [2.45, 2.75) is 39.9 Å². The van der Waals surface area contributed by atoms with E-state index in [1.165, 1.54) is 20.1 Å². The van der Waals surface area contributed by atoms with Gasteiger partial charge in [0, 0.05) is 17.5 Å². The number of carbonyl (C=O) groups is 1. The van der Waals surface area contributed by atoms with Crippen LogP contribution in [0, 0.1) is 6.92 Å². The van der Waals surface area contributed by atoms with Crippen LogP contribution in [0.4, 0.5) is 4.39 Å². The second-order valence-corrected chi connectivity index (χ2v) is 7.10. The van der Waals surface area contributed by atoms with Gasteiger partial charge in [-0.15, -0.1) is 0 Å². The normalized spacial score (nSPS) is 14.7. The van der Waals surface area contributed by atoms with Gasteiger partial charge in [-0.05, 0) is 45.4 Å². The maximum atomic E-state index is 13.6. The summed E-state index contributed by atoms with van der Waals surface area (Å²) >= 11 is 0. The number of hydrogen-bond acceptors (Lipinski definition) is 7. The molecule has 0 radical (unpaired) electrons. The molecule has 0 amide bonds. The lowest BCUT2D eigenvalue weighted by Crippen LogP contribution is -2.23. The van der Waals surface area contributed by atoms with Crippen molar-refractivity contribution in [1.29, 1.82) is 0 Å². The quantitative estimate of drug-likeness (QED) is 0.532. The number of rotatable bonds is 8. The van der Waals surface area contributed by atoms with E-state index in [-0.39, 0.29) is 25.5 Å². The molecular weight excluding hydrogens is 375 g/mol. The van der Waals surface area contributed by atoms with Crippen LogP contribution in [0.5, 0.6) is 5.75 Å². The van der Waals surface area contributed by atoms with Gasteiger partial charge in [-0.2, -0.15) is 0 Å². The molecule has 1 aliphatic heterocycles. The average Bonchev–Trinajstić information content (AvgIpc) is 2.82. The Morgan fingerprint density at radius 1 is 1.45 bits per heavy atom. The average molecular weight is 402 g/mol. The lowest BCUT2D eigenvalue weighted by Gasteiger charge is -2.16. The molecule has 0 saturated carbocycles. The number of pyridine rings is 1. The number of nitrogens with two attached hydrogens (primary N) is 1. The molecule has 0 aromatic carbocycles. The fourth-order valence-corrected chi connectivity index (χ4v) is 2.46. The minimum atomic E-state index is -1.42. The largest absolute Gasteiger partial charge is 0.488 e. The Bertz CT molecular complexity index is 867. The minimum absolute atomic E-state index is 0.0516. The van der Waals surface area contributed by atoms with E-state index in [2.05, 4.69) is 15.0 Å². The van der Waals surface area contributed by atoms with Crippen LogP contribution in [0.25, 0.3) is 0 Å². The minimum Gasteiger partial charge on any atom is -0.488 e. The topological polar surface area (TPSA) is 99.2 Å². The lowest BCUT2D eigenvalue weighted by atomic mass is 10.1. The highest BCUT2D eigenvalue weighted by atomic mass is 19.1. The molecule has 8 heteroatoms. The maximum absolute atomic E-state index is 13.6. The van der Waals surface area contributed by atoms with Crippen LogP contribution in [-0.4, -0.2) is 48.3 Å². The number of hydrogen-bond donors (Lipinski definition) is 1. The van der Waals surface area contributed by atoms with E-state index in [1.807, 2.05) is 13.0 Å². The van der Waals surface area contributed by atoms with E-state index >= 15 is 0 Å². The summed E-state index contributed by atoms with van der Waals surface area (Å²) in [5.41, 5.74) is 7.11. The SMILES string of the molecule is CCOC(=O)C1=NCC=CC(N)=C1C=NCc1cc(C)c(OCC(C)(C)F)cn1. The first-order valence-corrected chi connectivity index (χ1v) is 9.36. The summed E-state index contributed by atoms with van der Waals surface area (Å²) in [7, 11) is 0. The number of aromatic nitrogens is 1. The van der Waals surface area contributed by atoms with Crippen LogP contribution in [0.15, 0.2) is 45.7 Å². The first-order valence-electron chi connectivity index (χ1n) is 9.36. The summed E-state index contributed by atoms with van der Waals surface area (Å²) in [6.07, 6.45) is 6.52. The molecule has 156 valence electrons. The second kappa shape index (κ2) is 9.95. The summed E-state index contributed by atoms with van der Waals surface area (Å²) in [4.78, 5) is 25.1. The summed E-state index contributed by atoms with van der Waals surface area (Å²) < 4.78 is 24.1. The molecular formula is C21H27FN4O3. The number of aryl methyl sites for hydroxylation is 1. The second-order valence-electron chi connectivity index (χ2n) is 7.10. The molecule has 0 spiro atoms. The Hall–Kier alpha value is -3.03. The number of allylic oxidation sites excluding steroid dienone is 1. The number of alkyl halides is 1. The van der Waals surface area contributed by atoms with Crippen LogP contribution in [0.3, 0.4) is 0 Å². The van der Waals surface area contributed by atoms with E-state index in [0.717, 1.165) is 5.56 Å². The van der Waals surface area contributed by atoms with Gasteiger partial charge in [0.2, 0.25) is 0 Å². The first kappa shape index (κ1) is 22.3. The summed E-state index contributed by atoms with van der Waals surface area (Å²) in [5, 5.41) is 0. The van der Waals surface area contributed by atoms with Crippen molar-refractivity contribution in [2.24, 2.45) is 15.7 Å². The maximum Gasteiger partial charge on any atom is 0.357 e. The van der Waals surface area contributed by atoms with Crippen molar-refractivity contribution < 1.29 is 18.7 Å². The first-order chi connectivity index (χ1) is 13.7. The Labute approximate surface area is 170 Å². The Balaban J connectivity index is 2.12. The predicted octanol–water partition coefficient (Wildman–Crippen LogP) is 2.87. The van der Waals surface area contributed by atoms with E-state index in [1.54, 1.807) is 25.3 Å². The highest BCUT2D eigenvalue weighted by Gasteiger charge is 2.20.